The number of rotatable bonds is 38. The maximum atomic E-state index is 12.5. The molecule has 52 heavy (non-hydrogen) atoms. The van der Waals surface area contributed by atoms with Crippen LogP contribution < -0.4 is 5.73 Å². The second-order valence-corrected chi connectivity index (χ2v) is 14.9. The molecule has 0 amide bonds. The number of carbonyl (C=O) groups excluding carboxylic acids is 2. The molecule has 0 heterocycles. The van der Waals surface area contributed by atoms with E-state index in [1.807, 2.05) is 0 Å². The van der Waals surface area contributed by atoms with Crippen LogP contribution in [0.1, 0.15) is 174 Å². The van der Waals surface area contributed by atoms with E-state index in [1.54, 1.807) is 0 Å². The van der Waals surface area contributed by atoms with Crippen molar-refractivity contribution in [1.29, 1.82) is 0 Å². The summed E-state index contributed by atoms with van der Waals surface area (Å²) in [6.07, 6.45) is 42.9. The third kappa shape index (κ3) is 37.7. The molecule has 10 heteroatoms. The van der Waals surface area contributed by atoms with E-state index in [-0.39, 0.29) is 32.6 Å². The molecule has 0 bridgehead atoms. The molecule has 0 radical (unpaired) electrons. The Bertz CT molecular complexity index is 996. The zero-order chi connectivity index (χ0) is 38.2. The van der Waals surface area contributed by atoms with Gasteiger partial charge in [0.25, 0.3) is 0 Å². The average molecular weight is 754 g/mol. The highest BCUT2D eigenvalue weighted by Crippen LogP contribution is 2.43. The van der Waals surface area contributed by atoms with Gasteiger partial charge in [0.05, 0.1) is 13.2 Å². The Balaban J connectivity index is 4.23. The van der Waals surface area contributed by atoms with Crippen LogP contribution >= 0.6 is 7.82 Å². The molecule has 0 spiro atoms. The number of unbranched alkanes of at least 4 members (excludes halogenated alkanes) is 17. The number of allylic oxidation sites excluding steroid dienone is 8. The number of nitrogens with two attached hydrogens (primary N) is 1. The van der Waals surface area contributed by atoms with Gasteiger partial charge in [0.1, 0.15) is 6.61 Å². The Hall–Kier alpha value is -2.03. The number of phosphoric acid groups is 1. The van der Waals surface area contributed by atoms with Crippen LogP contribution in [0.25, 0.3) is 0 Å². The minimum atomic E-state index is -4.38. The van der Waals surface area contributed by atoms with Crippen molar-refractivity contribution in [2.45, 2.75) is 180 Å². The molecule has 0 aliphatic rings. The van der Waals surface area contributed by atoms with Crippen molar-refractivity contribution < 1.29 is 37.6 Å². The summed E-state index contributed by atoms with van der Waals surface area (Å²) in [7, 11) is -4.38. The molecule has 0 saturated heterocycles. The van der Waals surface area contributed by atoms with Gasteiger partial charge in [0.2, 0.25) is 0 Å². The zero-order valence-electron chi connectivity index (χ0n) is 33.0. The molecule has 1 unspecified atom stereocenters. The normalized spacial score (nSPS) is 13.8. The van der Waals surface area contributed by atoms with Gasteiger partial charge in [-0.3, -0.25) is 18.6 Å². The van der Waals surface area contributed by atoms with E-state index in [9.17, 15) is 19.0 Å². The summed E-state index contributed by atoms with van der Waals surface area (Å²) >= 11 is 0. The van der Waals surface area contributed by atoms with E-state index >= 15 is 0 Å². The summed E-state index contributed by atoms with van der Waals surface area (Å²) in [6, 6.07) is 0. The number of ether oxygens (including phenoxy) is 2. The first-order chi connectivity index (χ1) is 25.3. The predicted molar refractivity (Wildman–Crippen MR) is 215 cm³/mol. The van der Waals surface area contributed by atoms with Crippen LogP contribution in [0.15, 0.2) is 48.6 Å². The molecule has 0 aromatic carbocycles. The molecule has 0 saturated carbocycles. The average Bonchev–Trinajstić information content (AvgIpc) is 3.13. The van der Waals surface area contributed by atoms with E-state index < -0.39 is 32.5 Å². The first kappa shape index (κ1) is 50.0. The highest BCUT2D eigenvalue weighted by atomic mass is 31.2. The SMILES string of the molecule is CC/C=C\C/C=C\C/C=C\C/C=C\CCCCC(=O)O[C@H](COC(=O)CCCCCCCCCCCCCCCCCC)COP(=O)(O)OCCN. The fourth-order valence-electron chi connectivity index (χ4n) is 5.45. The van der Waals surface area contributed by atoms with Crippen molar-refractivity contribution in [3.05, 3.63) is 48.6 Å². The first-order valence-electron chi connectivity index (χ1n) is 20.6. The van der Waals surface area contributed by atoms with Crippen LogP contribution in [0.2, 0.25) is 0 Å². The standard InChI is InChI=1S/C42H76NO8P/c1-3-5-7-9-11-13-15-17-19-21-22-24-26-28-30-32-34-41(44)48-38-40(39-50-52(46,47)49-37-36-43)51-42(45)35-33-31-29-27-25-23-20-18-16-14-12-10-8-6-4-2/h6,8,12,14,18,20,25,27,40H,3-5,7,9-11,13,15-17,19,21-24,26,28-39,43H2,1-2H3,(H,46,47)/b8-6-,14-12-,20-18-,27-25-/t40-/m1/s1. The minimum absolute atomic E-state index is 0.0458. The number of hydrogen-bond acceptors (Lipinski definition) is 8. The quantitative estimate of drug-likeness (QED) is 0.0273. The maximum absolute atomic E-state index is 12.5. The Morgan fingerprint density at radius 1 is 0.596 bits per heavy atom. The van der Waals surface area contributed by atoms with Crippen molar-refractivity contribution in [1.82, 2.24) is 0 Å². The van der Waals surface area contributed by atoms with Crippen LogP contribution in [0.5, 0.6) is 0 Å². The minimum Gasteiger partial charge on any atom is -0.462 e. The number of esters is 2. The van der Waals surface area contributed by atoms with Crippen molar-refractivity contribution in [3.63, 3.8) is 0 Å². The highest BCUT2D eigenvalue weighted by molar-refractivity contribution is 7.47. The van der Waals surface area contributed by atoms with Crippen LogP contribution in [0.4, 0.5) is 0 Å². The fraction of sp³-hybridized carbons (Fsp3) is 0.762. The van der Waals surface area contributed by atoms with Gasteiger partial charge in [-0.15, -0.1) is 0 Å². The van der Waals surface area contributed by atoms with E-state index in [1.165, 1.54) is 83.5 Å². The molecule has 0 aromatic rings. The van der Waals surface area contributed by atoms with Crippen molar-refractivity contribution >= 4 is 19.8 Å². The number of carbonyl (C=O) groups is 2. The lowest BCUT2D eigenvalue weighted by molar-refractivity contribution is -0.161. The molecule has 2 atom stereocenters. The Labute approximate surface area is 317 Å². The van der Waals surface area contributed by atoms with Gasteiger partial charge < -0.3 is 20.1 Å². The fourth-order valence-corrected chi connectivity index (χ4v) is 6.21. The topological polar surface area (TPSA) is 134 Å². The summed E-state index contributed by atoms with van der Waals surface area (Å²) in [5.74, 6) is -0.876. The van der Waals surface area contributed by atoms with E-state index in [2.05, 4.69) is 62.5 Å². The molecule has 0 aromatic heterocycles. The van der Waals surface area contributed by atoms with E-state index in [4.69, 9.17) is 24.3 Å². The Kier molecular flexibility index (Phi) is 37.2. The van der Waals surface area contributed by atoms with Crippen molar-refractivity contribution in [2.24, 2.45) is 5.73 Å². The van der Waals surface area contributed by atoms with Gasteiger partial charge in [-0.25, -0.2) is 4.57 Å². The second-order valence-electron chi connectivity index (χ2n) is 13.5. The summed E-state index contributed by atoms with van der Waals surface area (Å²) in [5, 5.41) is 0. The lowest BCUT2D eigenvalue weighted by Crippen LogP contribution is -2.29. The van der Waals surface area contributed by atoms with Gasteiger partial charge in [0.15, 0.2) is 6.10 Å². The van der Waals surface area contributed by atoms with Crippen LogP contribution in [-0.2, 0) is 32.7 Å². The monoisotopic (exact) mass is 754 g/mol. The zero-order valence-corrected chi connectivity index (χ0v) is 33.9. The van der Waals surface area contributed by atoms with Crippen LogP contribution in [0, 0.1) is 0 Å². The molecule has 0 rings (SSSR count). The van der Waals surface area contributed by atoms with Crippen molar-refractivity contribution in [3.8, 4) is 0 Å². The molecule has 0 aliphatic carbocycles. The maximum Gasteiger partial charge on any atom is 0.472 e. The largest absolute Gasteiger partial charge is 0.472 e. The third-order valence-corrected chi connectivity index (χ3v) is 9.46. The van der Waals surface area contributed by atoms with E-state index in [0.29, 0.717) is 6.42 Å². The lowest BCUT2D eigenvalue weighted by atomic mass is 10.0. The van der Waals surface area contributed by atoms with E-state index in [0.717, 1.165) is 57.8 Å². The Morgan fingerprint density at radius 3 is 1.58 bits per heavy atom. The van der Waals surface area contributed by atoms with Gasteiger partial charge in [0, 0.05) is 19.4 Å². The molecule has 0 fully saturated rings. The van der Waals surface area contributed by atoms with Gasteiger partial charge in [-0.05, 0) is 51.4 Å². The van der Waals surface area contributed by atoms with Gasteiger partial charge >= 0.3 is 19.8 Å². The first-order valence-corrected chi connectivity index (χ1v) is 22.1. The Morgan fingerprint density at radius 2 is 1.06 bits per heavy atom. The molecular weight excluding hydrogens is 677 g/mol. The third-order valence-electron chi connectivity index (χ3n) is 8.48. The smallest absolute Gasteiger partial charge is 0.462 e. The lowest BCUT2D eigenvalue weighted by Gasteiger charge is -2.19. The van der Waals surface area contributed by atoms with Gasteiger partial charge in [-0.2, -0.15) is 0 Å². The number of phosphoric ester groups is 1. The molecule has 302 valence electrons. The van der Waals surface area contributed by atoms with Crippen molar-refractivity contribution in [2.75, 3.05) is 26.4 Å². The predicted octanol–water partition coefficient (Wildman–Crippen LogP) is 11.6. The molecule has 9 nitrogen and oxygen atoms in total. The van der Waals surface area contributed by atoms with Gasteiger partial charge in [-0.1, -0.05) is 159 Å². The van der Waals surface area contributed by atoms with Crippen LogP contribution in [-0.4, -0.2) is 49.3 Å². The summed E-state index contributed by atoms with van der Waals surface area (Å²) in [4.78, 5) is 34.8. The highest BCUT2D eigenvalue weighted by Gasteiger charge is 2.25. The molecule has 0 aliphatic heterocycles. The molecular formula is C42H76NO8P. The second kappa shape index (κ2) is 38.7. The summed E-state index contributed by atoms with van der Waals surface area (Å²) in [5.41, 5.74) is 5.34. The summed E-state index contributed by atoms with van der Waals surface area (Å²) in [6.45, 7) is 3.57. The number of hydrogen-bond donors (Lipinski definition) is 2. The molecule has 3 N–H and O–H groups in total. The summed E-state index contributed by atoms with van der Waals surface area (Å²) < 4.78 is 32.7. The van der Waals surface area contributed by atoms with Crippen LogP contribution in [0.3, 0.4) is 0 Å².